The van der Waals surface area contributed by atoms with Gasteiger partial charge in [0, 0.05) is 12.0 Å². The van der Waals surface area contributed by atoms with Crippen molar-refractivity contribution in [2.75, 3.05) is 13.7 Å². The summed E-state index contributed by atoms with van der Waals surface area (Å²) in [4.78, 5) is 11.4. The second kappa shape index (κ2) is 6.14. The van der Waals surface area contributed by atoms with E-state index in [1.807, 2.05) is 44.2 Å². The molecule has 21 heavy (non-hydrogen) atoms. The van der Waals surface area contributed by atoms with E-state index >= 15 is 0 Å². The highest BCUT2D eigenvalue weighted by molar-refractivity contribution is 5.85. The van der Waals surface area contributed by atoms with Gasteiger partial charge in [-0.3, -0.25) is 4.79 Å². The summed E-state index contributed by atoms with van der Waals surface area (Å²) >= 11 is 0. The monoisotopic (exact) mass is 286 g/mol. The zero-order valence-corrected chi connectivity index (χ0v) is 12.8. The molecular weight excluding hydrogens is 264 g/mol. The fraction of sp³-hybridized carbons (Fsp3) is 0.353. The Balaban J connectivity index is 2.46. The predicted octanol–water partition coefficient (Wildman–Crippen LogP) is 2.55. The van der Waals surface area contributed by atoms with E-state index in [1.54, 1.807) is 7.11 Å². The molecule has 1 amide bonds. The van der Waals surface area contributed by atoms with Crippen LogP contribution in [0.5, 0.6) is 5.75 Å². The number of hydrogen-bond acceptors (Lipinski definition) is 3. The number of fused-ring (bicyclic) bond motifs is 1. The second-order valence-corrected chi connectivity index (χ2v) is 5.43. The number of nitrogens with one attached hydrogen (secondary N) is 1. The molecule has 0 aliphatic heterocycles. The van der Waals surface area contributed by atoms with Crippen molar-refractivity contribution in [3.63, 3.8) is 0 Å². The Labute approximate surface area is 125 Å². The highest BCUT2D eigenvalue weighted by Gasteiger charge is 2.27. The summed E-state index contributed by atoms with van der Waals surface area (Å²) < 4.78 is 5.24. The lowest BCUT2D eigenvalue weighted by atomic mass is 9.87. The van der Waals surface area contributed by atoms with E-state index in [2.05, 4.69) is 11.4 Å². The van der Waals surface area contributed by atoms with Gasteiger partial charge in [-0.15, -0.1) is 0 Å². The third-order valence-electron chi connectivity index (χ3n) is 3.78. The summed E-state index contributed by atoms with van der Waals surface area (Å²) in [5.74, 6) is 0.523. The quantitative estimate of drug-likeness (QED) is 0.857. The first kappa shape index (κ1) is 15.3. The van der Waals surface area contributed by atoms with Gasteiger partial charge >= 0.3 is 0 Å². The van der Waals surface area contributed by atoms with Gasteiger partial charge in [-0.25, -0.2) is 0 Å². The van der Waals surface area contributed by atoms with Crippen LogP contribution >= 0.6 is 0 Å². The largest absolute Gasteiger partial charge is 0.497 e. The van der Waals surface area contributed by atoms with Crippen LogP contribution in [0.4, 0.5) is 0 Å². The van der Waals surface area contributed by atoms with Gasteiger partial charge in [0.15, 0.2) is 0 Å². The maximum atomic E-state index is 11.4. The van der Waals surface area contributed by atoms with Crippen molar-refractivity contribution in [2.45, 2.75) is 25.8 Å². The first-order valence-electron chi connectivity index (χ1n) is 7.10. The van der Waals surface area contributed by atoms with Gasteiger partial charge in [0.2, 0.25) is 5.91 Å². The average Bonchev–Trinajstić information content (AvgIpc) is 2.45. The van der Waals surface area contributed by atoms with Gasteiger partial charge in [0.05, 0.1) is 7.11 Å². The third-order valence-corrected chi connectivity index (χ3v) is 3.78. The summed E-state index contributed by atoms with van der Waals surface area (Å²) in [6.07, 6.45) is 0.266. The number of ether oxygens (including phenoxy) is 1. The fourth-order valence-electron chi connectivity index (χ4n) is 2.70. The SMILES string of the molecule is CCNC(C)(CC(N)=O)c1ccc2cc(OC)ccc2c1. The standard InChI is InChI=1S/C17H22N2O2/c1-4-19-17(2,11-16(18)20)14-7-5-13-10-15(21-3)8-6-12(13)9-14/h5-10,19H,4,11H2,1-3H3,(H2,18,20). The Bertz CT molecular complexity index is 654. The number of amides is 1. The predicted molar refractivity (Wildman–Crippen MR) is 85.3 cm³/mol. The number of methoxy groups -OCH3 is 1. The molecule has 0 fully saturated rings. The normalized spacial score (nSPS) is 13.9. The maximum absolute atomic E-state index is 11.4. The molecule has 2 aromatic carbocycles. The molecule has 112 valence electrons. The lowest BCUT2D eigenvalue weighted by Gasteiger charge is -2.30. The lowest BCUT2D eigenvalue weighted by molar-refractivity contribution is -0.119. The van der Waals surface area contributed by atoms with E-state index in [-0.39, 0.29) is 12.3 Å². The van der Waals surface area contributed by atoms with Crippen LogP contribution in [0, 0.1) is 0 Å². The molecule has 0 spiro atoms. The molecule has 1 atom stereocenters. The van der Waals surface area contributed by atoms with Crippen LogP contribution in [0.3, 0.4) is 0 Å². The zero-order chi connectivity index (χ0) is 15.5. The van der Waals surface area contributed by atoms with E-state index in [4.69, 9.17) is 10.5 Å². The Morgan fingerprint density at radius 3 is 2.52 bits per heavy atom. The molecule has 2 rings (SSSR count). The van der Waals surface area contributed by atoms with Crippen molar-refractivity contribution >= 4 is 16.7 Å². The summed E-state index contributed by atoms with van der Waals surface area (Å²) in [5, 5.41) is 5.59. The molecule has 4 nitrogen and oxygen atoms in total. The number of carbonyl (C=O) groups is 1. The smallest absolute Gasteiger partial charge is 0.219 e. The minimum Gasteiger partial charge on any atom is -0.497 e. The van der Waals surface area contributed by atoms with Crippen molar-refractivity contribution in [3.05, 3.63) is 42.0 Å². The van der Waals surface area contributed by atoms with E-state index in [9.17, 15) is 4.79 Å². The van der Waals surface area contributed by atoms with Crippen LogP contribution in [-0.4, -0.2) is 19.6 Å². The molecule has 0 radical (unpaired) electrons. The molecule has 2 aromatic rings. The van der Waals surface area contributed by atoms with E-state index in [0.717, 1.165) is 28.6 Å². The van der Waals surface area contributed by atoms with E-state index < -0.39 is 5.54 Å². The van der Waals surface area contributed by atoms with E-state index in [1.165, 1.54) is 0 Å². The Morgan fingerprint density at radius 2 is 1.90 bits per heavy atom. The summed E-state index contributed by atoms with van der Waals surface area (Å²) in [5.41, 5.74) is 6.01. The Morgan fingerprint density at radius 1 is 1.24 bits per heavy atom. The number of nitrogens with two attached hydrogens (primary N) is 1. The van der Waals surface area contributed by atoms with Gasteiger partial charge < -0.3 is 15.8 Å². The summed E-state index contributed by atoms with van der Waals surface area (Å²) in [6, 6.07) is 12.1. The van der Waals surface area contributed by atoms with Crippen molar-refractivity contribution in [1.82, 2.24) is 5.32 Å². The number of carbonyl (C=O) groups excluding carboxylic acids is 1. The van der Waals surface area contributed by atoms with E-state index in [0.29, 0.717) is 0 Å². The summed E-state index contributed by atoms with van der Waals surface area (Å²) in [7, 11) is 1.66. The van der Waals surface area contributed by atoms with Crippen molar-refractivity contribution in [1.29, 1.82) is 0 Å². The van der Waals surface area contributed by atoms with Crippen LogP contribution < -0.4 is 15.8 Å². The van der Waals surface area contributed by atoms with Crippen LogP contribution in [0.15, 0.2) is 36.4 Å². The van der Waals surface area contributed by atoms with Gasteiger partial charge in [0.25, 0.3) is 0 Å². The van der Waals surface area contributed by atoms with Crippen LogP contribution in [0.25, 0.3) is 10.8 Å². The molecule has 3 N–H and O–H groups in total. The summed E-state index contributed by atoms with van der Waals surface area (Å²) in [6.45, 7) is 4.79. The number of hydrogen-bond donors (Lipinski definition) is 2. The fourth-order valence-corrected chi connectivity index (χ4v) is 2.70. The van der Waals surface area contributed by atoms with Crippen molar-refractivity contribution in [2.24, 2.45) is 5.73 Å². The van der Waals surface area contributed by atoms with Gasteiger partial charge in [0.1, 0.15) is 5.75 Å². The first-order chi connectivity index (χ1) is 9.98. The third kappa shape index (κ3) is 3.34. The van der Waals surface area contributed by atoms with Crippen LogP contribution in [0.1, 0.15) is 25.8 Å². The molecule has 0 bridgehead atoms. The first-order valence-corrected chi connectivity index (χ1v) is 7.10. The molecule has 0 aliphatic rings. The van der Waals surface area contributed by atoms with Crippen LogP contribution in [-0.2, 0) is 10.3 Å². The van der Waals surface area contributed by atoms with Crippen molar-refractivity contribution in [3.8, 4) is 5.75 Å². The molecular formula is C17H22N2O2. The Hall–Kier alpha value is -2.07. The molecule has 1 unspecified atom stereocenters. The van der Waals surface area contributed by atoms with Crippen LogP contribution in [0.2, 0.25) is 0 Å². The van der Waals surface area contributed by atoms with Gasteiger partial charge in [-0.1, -0.05) is 25.1 Å². The highest BCUT2D eigenvalue weighted by Crippen LogP contribution is 2.29. The second-order valence-electron chi connectivity index (χ2n) is 5.43. The molecule has 4 heteroatoms. The van der Waals surface area contributed by atoms with Gasteiger partial charge in [-0.05, 0) is 48.0 Å². The minimum atomic E-state index is -0.450. The molecule has 0 saturated carbocycles. The molecule has 0 aromatic heterocycles. The maximum Gasteiger partial charge on any atom is 0.219 e. The lowest BCUT2D eigenvalue weighted by Crippen LogP contribution is -2.42. The molecule has 0 heterocycles. The number of primary amides is 1. The topological polar surface area (TPSA) is 64.3 Å². The number of rotatable bonds is 6. The Kier molecular flexibility index (Phi) is 4.48. The minimum absolute atomic E-state index is 0.266. The number of benzene rings is 2. The van der Waals surface area contributed by atoms with Crippen molar-refractivity contribution < 1.29 is 9.53 Å². The molecule has 0 saturated heterocycles. The molecule has 0 aliphatic carbocycles. The average molecular weight is 286 g/mol. The zero-order valence-electron chi connectivity index (χ0n) is 12.8. The van der Waals surface area contributed by atoms with Gasteiger partial charge in [-0.2, -0.15) is 0 Å². The highest BCUT2D eigenvalue weighted by atomic mass is 16.5.